The molecule has 2 atom stereocenters. The molecule has 1 saturated carbocycles. The van der Waals surface area contributed by atoms with Crippen LogP contribution in [0, 0.1) is 5.92 Å². The number of fused-ring (bicyclic) bond motifs is 2. The van der Waals surface area contributed by atoms with Crippen molar-refractivity contribution in [3.63, 3.8) is 0 Å². The monoisotopic (exact) mass is 915 g/mol. The second-order valence-electron chi connectivity index (χ2n) is 19.0. The molecule has 4 aliphatic rings. The fraction of sp³-hybridized carbons (Fsp3) is 0.462. The van der Waals surface area contributed by atoms with E-state index in [1.165, 1.54) is 31.2 Å². The van der Waals surface area contributed by atoms with Crippen molar-refractivity contribution in [1.29, 1.82) is 0 Å². The molecule has 1 aliphatic carbocycles. The number of imidazole rings is 1. The molecule has 14 heteroatoms. The molecule has 3 amide bonds. The molecule has 3 aliphatic heterocycles. The highest BCUT2D eigenvalue weighted by Crippen LogP contribution is 2.44. The quantitative estimate of drug-likeness (QED) is 0.121. The van der Waals surface area contributed by atoms with Crippen molar-refractivity contribution >= 4 is 51.7 Å². The molecule has 5 aromatic rings. The fourth-order valence-corrected chi connectivity index (χ4v) is 10.9. The van der Waals surface area contributed by atoms with E-state index in [9.17, 15) is 19.2 Å². The van der Waals surface area contributed by atoms with Crippen LogP contribution in [0.25, 0.3) is 11.0 Å². The van der Waals surface area contributed by atoms with Crippen molar-refractivity contribution in [3.8, 4) is 11.5 Å². The average molecular weight is 917 g/mol. The minimum atomic E-state index is -0.676. The molecule has 2 saturated heterocycles. The Kier molecular flexibility index (Phi) is 13.3. The fourth-order valence-electron chi connectivity index (χ4n) is 10.8. The number of carbonyl (C=O) groups excluding carboxylic acids is 3. The van der Waals surface area contributed by atoms with Crippen LogP contribution in [0.1, 0.15) is 86.7 Å². The molecular weight excluding hydrogens is 854 g/mol. The van der Waals surface area contributed by atoms with Gasteiger partial charge in [-0.15, -0.1) is 0 Å². The standard InChI is InChI=1S/C52H62ClN7O6/c1-33(2)66-47-31-42-37(29-46(47)65-5)30-49(62)59(50(42)36-9-11-38(53)12-10-36)41-17-15-39(16-18-41)55(3)32-35-6-13-40(14-7-35)58-26-24-57(25-27-58)23-22-34-8-19-43-45(28-34)56(4)52(64)60(43)44-20-21-48(61)54-51(44)63/h8-12,15-19,28-29,31,33,35,40,44,50H,6-7,13-14,20-27,30,32H2,1-5H3,(H,54,61,63)/t35-,40-,44?,50-/m0/s1. The first-order chi connectivity index (χ1) is 31.8. The van der Waals surface area contributed by atoms with E-state index >= 15 is 0 Å². The molecule has 3 fully saturated rings. The van der Waals surface area contributed by atoms with E-state index in [0.717, 1.165) is 84.8 Å². The van der Waals surface area contributed by atoms with Gasteiger partial charge in [-0.05, 0) is 141 Å². The summed E-state index contributed by atoms with van der Waals surface area (Å²) in [6.07, 6.45) is 6.51. The van der Waals surface area contributed by atoms with Gasteiger partial charge in [0, 0.05) is 82.2 Å². The predicted octanol–water partition coefficient (Wildman–Crippen LogP) is 7.30. The number of amides is 3. The van der Waals surface area contributed by atoms with Gasteiger partial charge in [-0.3, -0.25) is 33.7 Å². The summed E-state index contributed by atoms with van der Waals surface area (Å²) in [4.78, 5) is 61.2. The molecule has 4 aromatic carbocycles. The maximum Gasteiger partial charge on any atom is 0.329 e. The Bertz CT molecular complexity index is 2640. The number of nitrogens with zero attached hydrogens (tertiary/aromatic N) is 6. The number of methoxy groups -OCH3 is 1. The number of ether oxygens (including phenoxy) is 2. The van der Waals surface area contributed by atoms with Crippen molar-refractivity contribution in [3.05, 3.63) is 117 Å². The molecule has 66 heavy (non-hydrogen) atoms. The molecule has 0 radical (unpaired) electrons. The van der Waals surface area contributed by atoms with Crippen molar-refractivity contribution in [1.82, 2.24) is 24.3 Å². The lowest BCUT2D eigenvalue weighted by atomic mass is 9.84. The zero-order valence-electron chi connectivity index (χ0n) is 38.8. The zero-order chi connectivity index (χ0) is 46.2. The van der Waals surface area contributed by atoms with Crippen molar-refractivity contribution < 1.29 is 23.9 Å². The number of rotatable bonds is 13. The number of piperazine rings is 1. The van der Waals surface area contributed by atoms with Gasteiger partial charge in [0.05, 0.1) is 36.7 Å². The molecular formula is C52H62ClN7O6. The smallest absolute Gasteiger partial charge is 0.329 e. The largest absolute Gasteiger partial charge is 0.493 e. The second-order valence-corrected chi connectivity index (χ2v) is 19.4. The molecule has 9 rings (SSSR count). The lowest BCUT2D eigenvalue weighted by Gasteiger charge is -2.42. The van der Waals surface area contributed by atoms with Crippen molar-refractivity contribution in [2.24, 2.45) is 13.0 Å². The number of hydrogen-bond acceptors (Lipinski definition) is 9. The number of benzene rings is 4. The average Bonchev–Trinajstić information content (AvgIpc) is 3.56. The SMILES string of the molecule is COc1cc2c(cc1OC(C)C)[C@H](c1ccc(Cl)cc1)N(c1ccc(N(C)C[C@H]3CC[C@H](N4CCN(CCc5ccc6c(c5)n(C)c(=O)n6C5CCC(=O)NC5=O)CC4)CC3)cc1)C(=O)C2. The summed E-state index contributed by atoms with van der Waals surface area (Å²) in [5.74, 6) is 1.22. The number of anilines is 2. The van der Waals surface area contributed by atoms with Gasteiger partial charge in [0.15, 0.2) is 11.5 Å². The molecule has 0 bridgehead atoms. The maximum atomic E-state index is 14.1. The highest BCUT2D eigenvalue weighted by Gasteiger charge is 2.37. The topological polar surface area (TPSA) is 122 Å². The Balaban J connectivity index is 0.774. The van der Waals surface area contributed by atoms with Gasteiger partial charge in [-0.1, -0.05) is 29.8 Å². The molecule has 0 spiro atoms. The van der Waals surface area contributed by atoms with E-state index in [4.69, 9.17) is 21.1 Å². The Labute approximate surface area is 392 Å². The van der Waals surface area contributed by atoms with Crippen LogP contribution in [0.3, 0.4) is 0 Å². The predicted molar refractivity (Wildman–Crippen MR) is 259 cm³/mol. The van der Waals surface area contributed by atoms with E-state index in [1.807, 2.05) is 61.2 Å². The summed E-state index contributed by atoms with van der Waals surface area (Å²) < 4.78 is 15.0. The van der Waals surface area contributed by atoms with Gasteiger partial charge < -0.3 is 24.2 Å². The van der Waals surface area contributed by atoms with Gasteiger partial charge in [0.25, 0.3) is 0 Å². The third kappa shape index (κ3) is 9.35. The first-order valence-corrected chi connectivity index (χ1v) is 24.0. The highest BCUT2D eigenvalue weighted by atomic mass is 35.5. The summed E-state index contributed by atoms with van der Waals surface area (Å²) in [5.41, 5.74) is 7.35. The first kappa shape index (κ1) is 45.5. The maximum absolute atomic E-state index is 14.1. The number of imide groups is 1. The Morgan fingerprint density at radius 1 is 0.833 bits per heavy atom. The zero-order valence-corrected chi connectivity index (χ0v) is 39.6. The minimum Gasteiger partial charge on any atom is -0.493 e. The van der Waals surface area contributed by atoms with Gasteiger partial charge >= 0.3 is 5.69 Å². The van der Waals surface area contributed by atoms with Gasteiger partial charge in [-0.2, -0.15) is 0 Å². The summed E-state index contributed by atoms with van der Waals surface area (Å²) in [5, 5.41) is 3.03. The first-order valence-electron chi connectivity index (χ1n) is 23.6. The number of hydrogen-bond donors (Lipinski definition) is 1. The van der Waals surface area contributed by atoms with Crippen LogP contribution in [-0.4, -0.2) is 102 Å². The van der Waals surface area contributed by atoms with Crippen LogP contribution in [0.2, 0.25) is 5.02 Å². The molecule has 13 nitrogen and oxygen atoms in total. The van der Waals surface area contributed by atoms with E-state index in [1.54, 1.807) is 23.3 Å². The summed E-state index contributed by atoms with van der Waals surface area (Å²) >= 11 is 6.34. The third-order valence-electron chi connectivity index (χ3n) is 14.4. The lowest BCUT2D eigenvalue weighted by Crippen LogP contribution is -2.51. The molecule has 348 valence electrons. The van der Waals surface area contributed by atoms with E-state index < -0.39 is 11.9 Å². The third-order valence-corrected chi connectivity index (χ3v) is 14.6. The van der Waals surface area contributed by atoms with Crippen LogP contribution in [0.15, 0.2) is 83.7 Å². The minimum absolute atomic E-state index is 0.0203. The molecule has 1 aromatic heterocycles. The number of aromatic nitrogens is 2. The number of nitrogens with one attached hydrogen (secondary N) is 1. The summed E-state index contributed by atoms with van der Waals surface area (Å²) in [7, 11) is 5.56. The van der Waals surface area contributed by atoms with Gasteiger partial charge in [-0.25, -0.2) is 4.79 Å². The van der Waals surface area contributed by atoms with Crippen molar-refractivity contribution in [2.45, 2.75) is 89.4 Å². The molecule has 4 heterocycles. The molecule has 1 N–H and O–H groups in total. The number of piperidine rings is 1. The summed E-state index contributed by atoms with van der Waals surface area (Å²) in [6.45, 7) is 10.2. The Hall–Kier alpha value is -5.63. The van der Waals surface area contributed by atoms with Crippen LogP contribution in [0.5, 0.6) is 11.5 Å². The van der Waals surface area contributed by atoms with Crippen LogP contribution >= 0.6 is 11.6 Å². The normalized spacial score (nSPS) is 21.9. The lowest BCUT2D eigenvalue weighted by molar-refractivity contribution is -0.135. The number of aryl methyl sites for hydroxylation is 1. The van der Waals surface area contributed by atoms with Crippen LogP contribution in [-0.2, 0) is 34.3 Å². The van der Waals surface area contributed by atoms with Crippen LogP contribution in [0.4, 0.5) is 11.4 Å². The second kappa shape index (κ2) is 19.3. The highest BCUT2D eigenvalue weighted by molar-refractivity contribution is 6.30. The van der Waals surface area contributed by atoms with E-state index in [0.29, 0.717) is 34.9 Å². The Morgan fingerprint density at radius 3 is 2.24 bits per heavy atom. The number of halogens is 1. The summed E-state index contributed by atoms with van der Waals surface area (Å²) in [6, 6.07) is 25.9. The van der Waals surface area contributed by atoms with Gasteiger partial charge in [0.2, 0.25) is 17.7 Å². The van der Waals surface area contributed by atoms with Crippen molar-refractivity contribution in [2.75, 3.05) is 63.2 Å². The number of carbonyl (C=O) groups is 3. The van der Waals surface area contributed by atoms with Gasteiger partial charge in [0.1, 0.15) is 6.04 Å². The molecule has 1 unspecified atom stereocenters. The Morgan fingerprint density at radius 2 is 1.56 bits per heavy atom. The van der Waals surface area contributed by atoms with E-state index in [2.05, 4.69) is 63.5 Å². The van der Waals surface area contributed by atoms with E-state index in [-0.39, 0.29) is 42.5 Å². The van der Waals surface area contributed by atoms with Crippen LogP contribution < -0.4 is 30.3 Å².